The molecule has 1 nitrogen and oxygen atoms in total. The first-order chi connectivity index (χ1) is 5.60. The third-order valence-corrected chi connectivity index (χ3v) is 18.3. The maximum atomic E-state index is 3.67. The van der Waals surface area contributed by atoms with Gasteiger partial charge in [-0.3, -0.25) is 4.23 Å². The highest BCUT2D eigenvalue weighted by molar-refractivity contribution is 9.74. The summed E-state index contributed by atoms with van der Waals surface area (Å²) in [4.78, 5) is 0. The van der Waals surface area contributed by atoms with Gasteiger partial charge in [0.15, 0.2) is 0 Å². The van der Waals surface area contributed by atoms with Crippen LogP contribution in [0.25, 0.3) is 0 Å². The van der Waals surface area contributed by atoms with Gasteiger partial charge in [0.05, 0.1) is 0 Å². The van der Waals surface area contributed by atoms with Crippen molar-refractivity contribution >= 4 is 99.9 Å². The van der Waals surface area contributed by atoms with Crippen molar-refractivity contribution in [2.45, 2.75) is 26.3 Å². The van der Waals surface area contributed by atoms with Gasteiger partial charge in [-0.15, -0.1) is 0 Å². The van der Waals surface area contributed by atoms with Crippen LogP contribution in [0.4, 0.5) is 0 Å². The molecule has 0 spiro atoms. The molecule has 1 unspecified atom stereocenters. The van der Waals surface area contributed by atoms with Crippen molar-refractivity contribution in [1.82, 2.24) is 4.23 Å². The minimum absolute atomic E-state index is 0.495. The van der Waals surface area contributed by atoms with Gasteiger partial charge < -0.3 is 0 Å². The van der Waals surface area contributed by atoms with Crippen molar-refractivity contribution < 1.29 is 0 Å². The number of nitrogens with zero attached hydrogens (tertiary/aromatic N) is 1. The third kappa shape index (κ3) is 5.95. The Kier molecular flexibility index (Phi) is 7.85. The average molecular weight is 607 g/mol. The summed E-state index contributed by atoms with van der Waals surface area (Å²) in [6.45, 7) is 4.38. The fourth-order valence-corrected chi connectivity index (χ4v) is 43.3. The number of hydrogen-bond acceptors (Lipinski definition) is 1. The van der Waals surface area contributed by atoms with Crippen LogP contribution in [-0.2, 0) is 0 Å². The van der Waals surface area contributed by atoms with E-state index >= 15 is 0 Å². The first-order valence-electron chi connectivity index (χ1n) is 3.53. The molecule has 0 aliphatic carbocycles. The van der Waals surface area contributed by atoms with Crippen LogP contribution in [0.3, 0.4) is 0 Å². The van der Waals surface area contributed by atoms with E-state index in [1.807, 2.05) is 0 Å². The molecule has 0 aliphatic heterocycles. The molecule has 0 bridgehead atoms. The summed E-state index contributed by atoms with van der Waals surface area (Å²) < 4.78 is -1.25. The van der Waals surface area contributed by atoms with E-state index in [9.17, 15) is 0 Å². The van der Waals surface area contributed by atoms with E-state index in [-0.39, 0.29) is 0 Å². The molecule has 9 heteroatoms. The largest absolute Gasteiger partial charge is 0.340 e. The summed E-state index contributed by atoms with van der Waals surface area (Å²) in [7, 11) is 0. The van der Waals surface area contributed by atoms with Crippen LogP contribution in [0.15, 0.2) is 0 Å². The normalized spacial score (nSPS) is 16.4. The van der Waals surface area contributed by atoms with Crippen LogP contribution >= 0.6 is 91.8 Å². The highest BCUT2D eigenvalue weighted by Gasteiger charge is 2.47. The van der Waals surface area contributed by atoms with Gasteiger partial charge >= 0.3 is 8.19 Å². The lowest BCUT2D eigenvalue weighted by molar-refractivity contribution is 0.499. The highest BCUT2D eigenvalue weighted by atomic mass is 80.0. The molecule has 13 heavy (non-hydrogen) atoms. The summed E-state index contributed by atoms with van der Waals surface area (Å²) in [6.07, 6.45) is 1.11. The number of rotatable bonds is 4. The van der Waals surface area contributed by atoms with Crippen LogP contribution in [0.1, 0.15) is 20.3 Å². The third-order valence-electron chi connectivity index (χ3n) is 1.58. The molecular weight excluding hydrogens is 598 g/mol. The summed E-state index contributed by atoms with van der Waals surface area (Å²) in [6, 6.07) is 0.495. The highest BCUT2D eigenvalue weighted by Crippen LogP contribution is 2.44. The first kappa shape index (κ1) is 16.3. The molecule has 80 valence electrons. The van der Waals surface area contributed by atoms with Crippen molar-refractivity contribution in [3.63, 3.8) is 0 Å². The van der Waals surface area contributed by atoms with Gasteiger partial charge in [0.25, 0.3) is 0 Å². The molecule has 0 aliphatic rings. The Bertz CT molecular complexity index is 151. The fourth-order valence-electron chi connectivity index (χ4n) is 0.826. The predicted octanol–water partition coefficient (Wildman–Crippen LogP) is 5.33. The van der Waals surface area contributed by atoms with E-state index in [1.165, 1.54) is 0 Å². The van der Waals surface area contributed by atoms with Crippen molar-refractivity contribution in [3.8, 4) is 0 Å². The lowest BCUT2D eigenvalue weighted by atomic mass is 10.3. The van der Waals surface area contributed by atoms with Crippen LogP contribution in [0.2, 0.25) is 0 Å². The molecule has 0 saturated carbocycles. The minimum atomic E-state index is -1.81. The van der Waals surface area contributed by atoms with Gasteiger partial charge in [-0.25, -0.2) is 0 Å². The Balaban J connectivity index is 4.78. The van der Waals surface area contributed by atoms with Gasteiger partial charge in [0.1, 0.15) is 0 Å². The van der Waals surface area contributed by atoms with Crippen LogP contribution < -0.4 is 0 Å². The molecule has 0 fully saturated rings. The minimum Gasteiger partial charge on any atom is -0.292 e. The van der Waals surface area contributed by atoms with Crippen LogP contribution in [0, 0.1) is 0 Å². The Labute approximate surface area is 128 Å². The number of hydrogen-bond donors (Lipinski definition) is 0. The van der Waals surface area contributed by atoms with Crippen LogP contribution in [-0.4, -0.2) is 18.5 Å². The smallest absolute Gasteiger partial charge is 0.292 e. The molecule has 0 N–H and O–H groups in total. The first-order valence-corrected chi connectivity index (χ1v) is 21.0. The zero-order valence-corrected chi connectivity index (χ0v) is 18.5. The van der Waals surface area contributed by atoms with Gasteiger partial charge in [-0.1, -0.05) is 106 Å². The molecule has 0 rings (SSSR count). The van der Waals surface area contributed by atoms with E-state index in [2.05, 4.69) is 110 Å². The SMILES string of the molecule is CCC(C)N([Si](Br)(Br)Br)[Si](Br)(Br)Br. The van der Waals surface area contributed by atoms with Gasteiger partial charge in [-0.05, 0) is 12.5 Å². The van der Waals surface area contributed by atoms with E-state index < -0.39 is 8.19 Å². The van der Waals surface area contributed by atoms with Crippen molar-refractivity contribution in [2.75, 3.05) is 0 Å². The average Bonchev–Trinajstić information content (AvgIpc) is 1.80. The Hall–Kier alpha value is 3.27. The lowest BCUT2D eigenvalue weighted by Crippen LogP contribution is -2.54. The van der Waals surface area contributed by atoms with E-state index in [4.69, 9.17) is 0 Å². The lowest BCUT2D eigenvalue weighted by Gasteiger charge is -2.39. The maximum absolute atomic E-state index is 3.67. The zero-order valence-electron chi connectivity index (χ0n) is 7.00. The predicted molar refractivity (Wildman–Crippen MR) is 86.7 cm³/mol. The molecule has 1 atom stereocenters. The quantitative estimate of drug-likeness (QED) is 0.309. The van der Waals surface area contributed by atoms with Crippen molar-refractivity contribution in [2.24, 2.45) is 0 Å². The van der Waals surface area contributed by atoms with E-state index in [0.717, 1.165) is 6.42 Å². The molecule has 0 aromatic rings. The summed E-state index contributed by atoms with van der Waals surface area (Å²) in [5.41, 5.74) is 0. The standard InChI is InChI=1S/C4H9Br6NSi2/c1-3-4(2)11(12(5,6)7)13(8,9)10/h4H,3H2,1-2H3. The molecule has 0 amide bonds. The Morgan fingerprint density at radius 3 is 1.38 bits per heavy atom. The topological polar surface area (TPSA) is 3.24 Å². The molecule has 0 radical (unpaired) electrons. The molecule has 0 aromatic carbocycles. The Morgan fingerprint density at radius 1 is 1.00 bits per heavy atom. The van der Waals surface area contributed by atoms with E-state index in [0.29, 0.717) is 6.04 Å². The van der Waals surface area contributed by atoms with E-state index in [1.54, 1.807) is 0 Å². The van der Waals surface area contributed by atoms with Gasteiger partial charge in [0, 0.05) is 0 Å². The molecule has 0 heterocycles. The second kappa shape index (κ2) is 6.27. The Morgan fingerprint density at radius 2 is 1.31 bits per heavy atom. The van der Waals surface area contributed by atoms with Crippen molar-refractivity contribution in [1.29, 1.82) is 0 Å². The zero-order chi connectivity index (χ0) is 10.9. The van der Waals surface area contributed by atoms with Crippen LogP contribution in [0.5, 0.6) is 0 Å². The monoisotopic (exact) mass is 601 g/mol. The molecule has 0 aromatic heterocycles. The summed E-state index contributed by atoms with van der Waals surface area (Å²) in [5.74, 6) is 0. The summed E-state index contributed by atoms with van der Waals surface area (Å²) >= 11 is 22.0. The maximum Gasteiger partial charge on any atom is 0.340 e. The number of halogens is 6. The second-order valence-corrected chi connectivity index (χ2v) is 45.7. The second-order valence-electron chi connectivity index (χ2n) is 2.56. The fraction of sp³-hybridized carbons (Fsp3) is 1.00. The molecular formula is C4H9Br6NSi2. The summed E-state index contributed by atoms with van der Waals surface area (Å²) in [5, 5.41) is 0. The van der Waals surface area contributed by atoms with Gasteiger partial charge in [0.2, 0.25) is 0 Å². The van der Waals surface area contributed by atoms with Gasteiger partial charge in [-0.2, -0.15) is 0 Å². The molecule has 0 saturated heterocycles. The van der Waals surface area contributed by atoms with Crippen molar-refractivity contribution in [3.05, 3.63) is 0 Å².